The zero-order valence-electron chi connectivity index (χ0n) is 28.7. The Balaban J connectivity index is 1.05. The number of hydrogen-bond donors (Lipinski definition) is 3. The Labute approximate surface area is 301 Å². The van der Waals surface area contributed by atoms with Gasteiger partial charge in [0, 0.05) is 67.1 Å². The van der Waals surface area contributed by atoms with Gasteiger partial charge in [-0.1, -0.05) is 41.9 Å². The number of aliphatic hydroxyl groups is 1. The molecule has 10 heteroatoms. The number of aliphatic hydroxyl groups excluding tert-OH is 1. The molecule has 8 rings (SSSR count). The van der Waals surface area contributed by atoms with Crippen LogP contribution in [0.25, 0.3) is 44.3 Å². The maximum Gasteiger partial charge on any atom is 0.307 e. The second-order valence-electron chi connectivity index (χ2n) is 14.0. The van der Waals surface area contributed by atoms with E-state index in [9.17, 15) is 15.0 Å². The molecule has 260 valence electrons. The average molecular weight is 702 g/mol. The molecule has 6 aromatic rings. The van der Waals surface area contributed by atoms with Crippen molar-refractivity contribution in [1.82, 2.24) is 19.8 Å². The molecule has 3 N–H and O–H groups in total. The predicted octanol–water partition coefficient (Wildman–Crippen LogP) is 8.20. The molecular formula is C41H40ClN5O4. The van der Waals surface area contributed by atoms with Crippen LogP contribution in [-0.4, -0.2) is 68.2 Å². The van der Waals surface area contributed by atoms with E-state index in [-0.39, 0.29) is 12.0 Å². The summed E-state index contributed by atoms with van der Waals surface area (Å²) in [6.07, 6.45) is 4.96. The lowest BCUT2D eigenvalue weighted by molar-refractivity contribution is -0.141. The van der Waals surface area contributed by atoms with E-state index in [1.807, 2.05) is 30.6 Å². The van der Waals surface area contributed by atoms with E-state index in [0.29, 0.717) is 42.5 Å². The van der Waals surface area contributed by atoms with Crippen LogP contribution in [0.2, 0.25) is 5.02 Å². The highest BCUT2D eigenvalue weighted by atomic mass is 35.5. The summed E-state index contributed by atoms with van der Waals surface area (Å²) >= 11 is 6.75. The highest BCUT2D eigenvalue weighted by Crippen LogP contribution is 2.40. The maximum absolute atomic E-state index is 11.4. The van der Waals surface area contributed by atoms with Gasteiger partial charge in [-0.3, -0.25) is 19.6 Å². The number of carboxylic acids is 1. The van der Waals surface area contributed by atoms with Gasteiger partial charge >= 0.3 is 5.97 Å². The minimum atomic E-state index is -0.731. The predicted molar refractivity (Wildman–Crippen MR) is 201 cm³/mol. The van der Waals surface area contributed by atoms with Crippen LogP contribution in [0.1, 0.15) is 35.1 Å². The number of carbonyl (C=O) groups is 1. The third-order valence-electron chi connectivity index (χ3n) is 10.4. The van der Waals surface area contributed by atoms with Crippen LogP contribution in [0, 0.1) is 19.8 Å². The Morgan fingerprint density at radius 3 is 2.39 bits per heavy atom. The van der Waals surface area contributed by atoms with Crippen molar-refractivity contribution in [2.24, 2.45) is 5.92 Å². The molecule has 2 aliphatic heterocycles. The number of β-amino-alcohol motifs (C(OH)–C–C–N with tert-alkyl or cyclic N) is 1. The molecule has 0 bridgehead atoms. The third kappa shape index (κ3) is 6.70. The number of nitrogens with zero attached hydrogens (tertiary/aromatic N) is 4. The van der Waals surface area contributed by atoms with E-state index in [1.165, 1.54) is 0 Å². The number of pyridine rings is 2. The fourth-order valence-corrected chi connectivity index (χ4v) is 8.00. The summed E-state index contributed by atoms with van der Waals surface area (Å²) in [7, 11) is 0. The molecule has 0 radical (unpaired) electrons. The Morgan fingerprint density at radius 1 is 0.882 bits per heavy atom. The molecule has 2 atom stereocenters. The Bertz CT molecular complexity index is 2290. The van der Waals surface area contributed by atoms with Crippen LogP contribution in [0.15, 0.2) is 83.5 Å². The number of carboxylic acid groups (broad SMARTS) is 1. The van der Waals surface area contributed by atoms with E-state index >= 15 is 0 Å². The lowest BCUT2D eigenvalue weighted by Crippen LogP contribution is -2.22. The molecular weight excluding hydrogens is 662 g/mol. The number of likely N-dealkylation sites (tertiary alicyclic amines) is 2. The number of anilines is 2. The molecule has 0 aliphatic carbocycles. The first-order valence-electron chi connectivity index (χ1n) is 17.5. The summed E-state index contributed by atoms with van der Waals surface area (Å²) in [5.41, 5.74) is 9.92. The molecule has 2 aliphatic rings. The SMILES string of the molecule is Cc1c(Nc2nccc3cc(CN4CC[C@@H](O)C4)cnc23)cccc1-c1cccc(-c2cc3cc(CN4CC[C@@H](C(=O)O)C4)cc(Cl)c3o2)c1C. The first kappa shape index (κ1) is 33.3. The second kappa shape index (κ2) is 13.7. The molecule has 0 amide bonds. The molecule has 3 aromatic heterocycles. The lowest BCUT2D eigenvalue weighted by Gasteiger charge is -2.17. The summed E-state index contributed by atoms with van der Waals surface area (Å²) in [6.45, 7) is 8.55. The van der Waals surface area contributed by atoms with E-state index < -0.39 is 5.97 Å². The van der Waals surface area contributed by atoms with Crippen LogP contribution in [0.4, 0.5) is 11.5 Å². The van der Waals surface area contributed by atoms with Crippen molar-refractivity contribution < 1.29 is 19.4 Å². The number of aliphatic carboxylic acids is 1. The van der Waals surface area contributed by atoms with Crippen LogP contribution in [0.5, 0.6) is 0 Å². The number of aromatic nitrogens is 2. The average Bonchev–Trinajstić information content (AvgIpc) is 3.86. The highest BCUT2D eigenvalue weighted by molar-refractivity contribution is 6.35. The summed E-state index contributed by atoms with van der Waals surface area (Å²) in [4.78, 5) is 25.4. The number of rotatable bonds is 9. The van der Waals surface area contributed by atoms with Gasteiger partial charge in [0.05, 0.1) is 17.0 Å². The van der Waals surface area contributed by atoms with Crippen molar-refractivity contribution in [3.05, 3.63) is 106 Å². The van der Waals surface area contributed by atoms with Gasteiger partial charge in [-0.2, -0.15) is 0 Å². The Hall–Kier alpha value is -4.80. The van der Waals surface area contributed by atoms with Gasteiger partial charge in [-0.15, -0.1) is 0 Å². The molecule has 51 heavy (non-hydrogen) atoms. The number of fused-ring (bicyclic) bond motifs is 2. The minimum Gasteiger partial charge on any atom is -0.481 e. The van der Waals surface area contributed by atoms with E-state index in [2.05, 4.69) is 82.5 Å². The van der Waals surface area contributed by atoms with Crippen LogP contribution in [0.3, 0.4) is 0 Å². The first-order valence-corrected chi connectivity index (χ1v) is 17.9. The fourth-order valence-electron chi connectivity index (χ4n) is 7.71. The largest absolute Gasteiger partial charge is 0.481 e. The number of halogens is 1. The highest BCUT2D eigenvalue weighted by Gasteiger charge is 2.28. The van der Waals surface area contributed by atoms with Gasteiger partial charge in [-0.25, -0.2) is 4.98 Å². The topological polar surface area (TPSA) is 115 Å². The summed E-state index contributed by atoms with van der Waals surface area (Å²) < 4.78 is 6.39. The smallest absolute Gasteiger partial charge is 0.307 e. The van der Waals surface area contributed by atoms with Gasteiger partial charge in [0.25, 0.3) is 0 Å². The van der Waals surface area contributed by atoms with E-state index in [4.69, 9.17) is 21.0 Å². The molecule has 0 spiro atoms. The number of hydrogen-bond acceptors (Lipinski definition) is 8. The van der Waals surface area contributed by atoms with Crippen LogP contribution >= 0.6 is 11.6 Å². The van der Waals surface area contributed by atoms with Crippen LogP contribution < -0.4 is 5.32 Å². The van der Waals surface area contributed by atoms with E-state index in [1.54, 1.807) is 0 Å². The number of nitrogens with one attached hydrogen (secondary N) is 1. The number of furan rings is 1. The standard InChI is InChI=1S/C41H40ClN5O4/c1-24-32(5-3-7-34(24)37-18-30-15-26(17-35(42)39(30)51-37)20-46-13-10-29(22-46)41(49)50)33-6-4-8-36(25(33)2)45-40-38-28(9-12-43-40)16-27(19-44-38)21-47-14-11-31(48)23-47/h3-9,12,15-19,29,31,48H,10-11,13-14,20-23H2,1-2H3,(H,43,45)(H,49,50)/t29-,31-/m1/s1. The molecule has 2 saturated heterocycles. The third-order valence-corrected chi connectivity index (χ3v) is 10.7. The lowest BCUT2D eigenvalue weighted by atomic mass is 9.92. The summed E-state index contributed by atoms with van der Waals surface area (Å²) in [6, 6.07) is 22.7. The van der Waals surface area contributed by atoms with Crippen molar-refractivity contribution in [1.29, 1.82) is 0 Å². The normalized spacial score (nSPS) is 18.3. The fraction of sp³-hybridized carbons (Fsp3) is 0.293. The zero-order valence-corrected chi connectivity index (χ0v) is 29.5. The summed E-state index contributed by atoms with van der Waals surface area (Å²) in [5, 5.41) is 25.4. The molecule has 3 aromatic carbocycles. The van der Waals surface area contributed by atoms with Crippen molar-refractivity contribution in [2.45, 2.75) is 45.9 Å². The van der Waals surface area contributed by atoms with Gasteiger partial charge in [0.1, 0.15) is 11.3 Å². The van der Waals surface area contributed by atoms with Gasteiger partial charge in [0.2, 0.25) is 0 Å². The van der Waals surface area contributed by atoms with Gasteiger partial charge in [0.15, 0.2) is 11.4 Å². The van der Waals surface area contributed by atoms with Gasteiger partial charge in [-0.05, 0) is 103 Å². The van der Waals surface area contributed by atoms with Crippen molar-refractivity contribution >= 4 is 50.9 Å². The molecule has 9 nitrogen and oxygen atoms in total. The van der Waals surface area contributed by atoms with E-state index in [0.717, 1.165) is 92.7 Å². The zero-order chi connectivity index (χ0) is 35.2. The molecule has 0 unspecified atom stereocenters. The van der Waals surface area contributed by atoms with Crippen molar-refractivity contribution in [3.8, 4) is 22.5 Å². The molecule has 2 fully saturated rings. The number of benzene rings is 3. The molecule has 0 saturated carbocycles. The second-order valence-corrected chi connectivity index (χ2v) is 14.4. The summed E-state index contributed by atoms with van der Waals surface area (Å²) in [5.74, 6) is 0.397. The molecule has 5 heterocycles. The van der Waals surface area contributed by atoms with Gasteiger partial charge < -0.3 is 19.9 Å². The maximum atomic E-state index is 11.4. The first-order chi connectivity index (χ1) is 24.7. The van der Waals surface area contributed by atoms with Crippen LogP contribution in [-0.2, 0) is 17.9 Å². The Kier molecular flexibility index (Phi) is 8.98. The van der Waals surface area contributed by atoms with Crippen molar-refractivity contribution in [2.75, 3.05) is 31.5 Å². The van der Waals surface area contributed by atoms with Crippen molar-refractivity contribution in [3.63, 3.8) is 0 Å². The quantitative estimate of drug-likeness (QED) is 0.137. The minimum absolute atomic E-state index is 0.245. The Morgan fingerprint density at radius 2 is 1.61 bits per heavy atom. The monoisotopic (exact) mass is 701 g/mol.